The van der Waals surface area contributed by atoms with Crippen molar-refractivity contribution in [1.82, 2.24) is 4.90 Å². The van der Waals surface area contributed by atoms with Gasteiger partial charge in [-0.3, -0.25) is 19.4 Å². The molecule has 6 heteroatoms. The summed E-state index contributed by atoms with van der Waals surface area (Å²) in [5.41, 5.74) is 3.56. The van der Waals surface area contributed by atoms with E-state index in [2.05, 4.69) is 33.0 Å². The number of carbonyl (C=O) groups excluding carboxylic acids is 3. The molecule has 1 heterocycles. The number of para-hydroxylation sites is 1. The summed E-state index contributed by atoms with van der Waals surface area (Å²) in [6, 6.07) is 13.1. The maximum absolute atomic E-state index is 13.5. The molecule has 1 N–H and O–H groups in total. The molecule has 6 nitrogen and oxygen atoms in total. The predicted octanol–water partition coefficient (Wildman–Crippen LogP) is 6.21. The van der Waals surface area contributed by atoms with Gasteiger partial charge in [0.2, 0.25) is 5.91 Å². The highest BCUT2D eigenvalue weighted by molar-refractivity contribution is 6.18. The topological polar surface area (TPSA) is 69.7 Å². The molecule has 1 atom stereocenters. The van der Waals surface area contributed by atoms with Gasteiger partial charge in [-0.1, -0.05) is 76.9 Å². The van der Waals surface area contributed by atoms with E-state index in [0.29, 0.717) is 12.1 Å². The van der Waals surface area contributed by atoms with Crippen LogP contribution in [0.3, 0.4) is 0 Å². The van der Waals surface area contributed by atoms with E-state index in [4.69, 9.17) is 0 Å². The van der Waals surface area contributed by atoms with Crippen molar-refractivity contribution in [1.29, 1.82) is 0 Å². The van der Waals surface area contributed by atoms with Gasteiger partial charge in [-0.2, -0.15) is 0 Å². The van der Waals surface area contributed by atoms with E-state index in [9.17, 15) is 14.4 Å². The number of rotatable bonds is 8. The highest BCUT2D eigenvalue weighted by atomic mass is 16.2. The minimum Gasteiger partial charge on any atom is -0.324 e. The summed E-state index contributed by atoms with van der Waals surface area (Å²) < 4.78 is 0. The molecule has 0 saturated carbocycles. The van der Waals surface area contributed by atoms with Gasteiger partial charge in [0, 0.05) is 11.4 Å². The highest BCUT2D eigenvalue weighted by Gasteiger charge is 2.54. The zero-order valence-electron chi connectivity index (χ0n) is 21.4. The van der Waals surface area contributed by atoms with E-state index < -0.39 is 11.6 Å². The van der Waals surface area contributed by atoms with Crippen LogP contribution >= 0.6 is 0 Å². The molecule has 0 aliphatic carbocycles. The van der Waals surface area contributed by atoms with Crippen LogP contribution in [0.1, 0.15) is 82.9 Å². The molecule has 1 fully saturated rings. The SMILES string of the molecule is CCCC1(C)C(=O)N(CC(=O)Nc2c(C(C)C)cccc2C(C)C)C(=O)N1c1ccc(C)cc1. The summed E-state index contributed by atoms with van der Waals surface area (Å²) in [6.07, 6.45) is 1.24. The maximum Gasteiger partial charge on any atom is 0.332 e. The van der Waals surface area contributed by atoms with Gasteiger partial charge in [-0.15, -0.1) is 0 Å². The zero-order valence-corrected chi connectivity index (χ0v) is 21.4. The number of carbonyl (C=O) groups is 3. The van der Waals surface area contributed by atoms with Crippen molar-refractivity contribution in [3.05, 3.63) is 59.2 Å². The molecule has 1 saturated heterocycles. The maximum atomic E-state index is 13.5. The number of benzene rings is 2. The third-order valence-electron chi connectivity index (χ3n) is 6.59. The molecule has 1 aliphatic rings. The summed E-state index contributed by atoms with van der Waals surface area (Å²) in [6.45, 7) is 13.8. The second-order valence-corrected chi connectivity index (χ2v) is 10.0. The number of aryl methyl sites for hydroxylation is 1. The number of urea groups is 1. The van der Waals surface area contributed by atoms with E-state index in [-0.39, 0.29) is 30.2 Å². The Balaban J connectivity index is 1.91. The molecule has 0 bridgehead atoms. The Kier molecular flexibility index (Phi) is 7.49. The minimum absolute atomic E-state index is 0.217. The van der Waals surface area contributed by atoms with Gasteiger partial charge in [0.15, 0.2) is 0 Å². The van der Waals surface area contributed by atoms with Crippen molar-refractivity contribution in [2.45, 2.75) is 78.7 Å². The average molecular weight is 464 g/mol. The number of anilines is 2. The molecular formula is C28H37N3O3. The van der Waals surface area contributed by atoms with Crippen LogP contribution in [0.25, 0.3) is 0 Å². The number of imide groups is 1. The van der Waals surface area contributed by atoms with Gasteiger partial charge in [-0.05, 0) is 55.4 Å². The van der Waals surface area contributed by atoms with Crippen LogP contribution in [0.2, 0.25) is 0 Å². The molecular weight excluding hydrogens is 426 g/mol. The molecule has 1 unspecified atom stereocenters. The Morgan fingerprint density at radius 1 is 0.971 bits per heavy atom. The van der Waals surface area contributed by atoms with Crippen molar-refractivity contribution in [2.75, 3.05) is 16.8 Å². The third-order valence-corrected chi connectivity index (χ3v) is 6.59. The van der Waals surface area contributed by atoms with Crippen LogP contribution in [0.4, 0.5) is 16.2 Å². The first kappa shape index (κ1) is 25.5. The number of hydrogen-bond acceptors (Lipinski definition) is 3. The normalized spacial score (nSPS) is 18.4. The van der Waals surface area contributed by atoms with Crippen molar-refractivity contribution < 1.29 is 14.4 Å². The summed E-state index contributed by atoms with van der Waals surface area (Å²) in [7, 11) is 0. The first-order valence-corrected chi connectivity index (χ1v) is 12.2. The van der Waals surface area contributed by atoms with Crippen molar-refractivity contribution in [3.63, 3.8) is 0 Å². The Labute approximate surface area is 203 Å². The van der Waals surface area contributed by atoms with E-state index in [1.165, 1.54) is 0 Å². The number of hydrogen-bond donors (Lipinski definition) is 1. The Morgan fingerprint density at radius 2 is 1.53 bits per heavy atom. The number of nitrogens with one attached hydrogen (secondary N) is 1. The standard InChI is InChI=1S/C28H37N3O3/c1-8-16-28(7)26(33)30(27(34)31(28)21-14-12-20(6)13-15-21)17-24(32)29-25-22(18(2)3)10-9-11-23(25)19(4)5/h9-15,18-19H,8,16-17H2,1-7H3,(H,29,32). The van der Waals surface area contributed by atoms with E-state index in [1.807, 2.05) is 56.3 Å². The molecule has 2 aromatic carbocycles. The largest absolute Gasteiger partial charge is 0.332 e. The molecule has 0 aromatic heterocycles. The summed E-state index contributed by atoms with van der Waals surface area (Å²) >= 11 is 0. The number of amides is 4. The third kappa shape index (κ3) is 4.72. The average Bonchev–Trinajstić information content (AvgIpc) is 2.95. The first-order chi connectivity index (χ1) is 16.0. The Hall–Kier alpha value is -3.15. The molecule has 2 aromatic rings. The van der Waals surface area contributed by atoms with Crippen molar-refractivity contribution >= 4 is 29.2 Å². The lowest BCUT2D eigenvalue weighted by Gasteiger charge is -2.31. The van der Waals surface area contributed by atoms with Gasteiger partial charge in [-0.25, -0.2) is 4.79 Å². The van der Waals surface area contributed by atoms with Gasteiger partial charge >= 0.3 is 6.03 Å². The highest BCUT2D eigenvalue weighted by Crippen LogP contribution is 2.37. The lowest BCUT2D eigenvalue weighted by Crippen LogP contribution is -2.47. The second kappa shape index (κ2) is 10.00. The van der Waals surface area contributed by atoms with Crippen LogP contribution in [0.5, 0.6) is 0 Å². The van der Waals surface area contributed by atoms with Crippen LogP contribution in [-0.2, 0) is 9.59 Å². The predicted molar refractivity (Wildman–Crippen MR) is 137 cm³/mol. The quantitative estimate of drug-likeness (QED) is 0.473. The summed E-state index contributed by atoms with van der Waals surface area (Å²) in [4.78, 5) is 42.8. The second-order valence-electron chi connectivity index (χ2n) is 10.0. The molecule has 182 valence electrons. The van der Waals surface area contributed by atoms with E-state index in [1.54, 1.807) is 11.8 Å². The fourth-order valence-electron chi connectivity index (χ4n) is 4.76. The van der Waals surface area contributed by atoms with Crippen LogP contribution in [-0.4, -0.2) is 34.8 Å². The molecule has 4 amide bonds. The van der Waals surface area contributed by atoms with Gasteiger partial charge in [0.05, 0.1) is 0 Å². The Bertz CT molecular complexity index is 1050. The summed E-state index contributed by atoms with van der Waals surface area (Å²) in [5, 5.41) is 3.03. The lowest BCUT2D eigenvalue weighted by molar-refractivity contribution is -0.133. The molecule has 1 aliphatic heterocycles. The number of nitrogens with zero attached hydrogens (tertiary/aromatic N) is 2. The van der Waals surface area contributed by atoms with Crippen molar-refractivity contribution in [2.24, 2.45) is 0 Å². The smallest absolute Gasteiger partial charge is 0.324 e. The van der Waals surface area contributed by atoms with E-state index in [0.717, 1.165) is 33.7 Å². The molecule has 0 radical (unpaired) electrons. The van der Waals surface area contributed by atoms with Crippen molar-refractivity contribution in [3.8, 4) is 0 Å². The monoisotopic (exact) mass is 463 g/mol. The van der Waals surface area contributed by atoms with Crippen LogP contribution in [0, 0.1) is 6.92 Å². The minimum atomic E-state index is -1.03. The van der Waals surface area contributed by atoms with Crippen LogP contribution < -0.4 is 10.2 Å². The first-order valence-electron chi connectivity index (χ1n) is 12.2. The van der Waals surface area contributed by atoms with Gasteiger partial charge in [0.1, 0.15) is 12.1 Å². The molecule has 3 rings (SSSR count). The van der Waals surface area contributed by atoms with Gasteiger partial charge in [0.25, 0.3) is 5.91 Å². The Morgan fingerprint density at radius 3 is 2.03 bits per heavy atom. The molecule has 34 heavy (non-hydrogen) atoms. The molecule has 0 spiro atoms. The summed E-state index contributed by atoms with van der Waals surface area (Å²) in [5.74, 6) is -0.277. The van der Waals surface area contributed by atoms with Gasteiger partial charge < -0.3 is 5.32 Å². The fourth-order valence-corrected chi connectivity index (χ4v) is 4.76. The fraction of sp³-hybridized carbons (Fsp3) is 0.464. The van der Waals surface area contributed by atoms with E-state index >= 15 is 0 Å². The lowest BCUT2D eigenvalue weighted by atomic mass is 9.92. The zero-order chi connectivity index (χ0) is 25.2. The van der Waals surface area contributed by atoms with Crippen LogP contribution in [0.15, 0.2) is 42.5 Å².